The first-order chi connectivity index (χ1) is 14.6. The number of benzene rings is 2. The second-order valence-electron chi connectivity index (χ2n) is 6.45. The van der Waals surface area contributed by atoms with Crippen molar-refractivity contribution in [2.24, 2.45) is 0 Å². The third-order valence-corrected chi connectivity index (χ3v) is 5.58. The normalized spacial score (nSPS) is 11.8. The maximum atomic E-state index is 12.7. The van der Waals surface area contributed by atoms with Crippen molar-refractivity contribution in [2.45, 2.75) is 17.3 Å². The Morgan fingerprint density at radius 2 is 1.70 bits per heavy atom. The van der Waals surface area contributed by atoms with Gasteiger partial charge in [-0.1, -0.05) is 71.9 Å². The standard InChI is InChI=1S/C22H18ClN5OS/c1-15(21(29)25-19-13-12-17(23)14-24-19)30-22-27-26-20(16-8-4-2-5-9-16)28(22)18-10-6-3-7-11-18/h2-15H,1H3,(H,24,25,29). The van der Waals surface area contributed by atoms with Gasteiger partial charge in [0.25, 0.3) is 0 Å². The van der Waals surface area contributed by atoms with Crippen LogP contribution in [0.3, 0.4) is 0 Å². The lowest BCUT2D eigenvalue weighted by Gasteiger charge is -2.13. The summed E-state index contributed by atoms with van der Waals surface area (Å²) in [5, 5.41) is 12.3. The summed E-state index contributed by atoms with van der Waals surface area (Å²) in [7, 11) is 0. The molecular formula is C22H18ClN5OS. The molecule has 0 aliphatic rings. The highest BCUT2D eigenvalue weighted by Crippen LogP contribution is 2.30. The predicted octanol–water partition coefficient (Wildman–Crippen LogP) is 5.10. The minimum atomic E-state index is -0.419. The van der Waals surface area contributed by atoms with E-state index >= 15 is 0 Å². The van der Waals surface area contributed by atoms with Crippen molar-refractivity contribution < 1.29 is 4.79 Å². The summed E-state index contributed by atoms with van der Waals surface area (Å²) in [6.45, 7) is 1.82. The highest BCUT2D eigenvalue weighted by atomic mass is 35.5. The zero-order chi connectivity index (χ0) is 20.9. The van der Waals surface area contributed by atoms with Gasteiger partial charge in [-0.25, -0.2) is 4.98 Å². The van der Waals surface area contributed by atoms with Crippen molar-refractivity contribution in [3.8, 4) is 17.1 Å². The summed E-state index contributed by atoms with van der Waals surface area (Å²) in [5.41, 5.74) is 1.87. The molecule has 0 aliphatic carbocycles. The lowest BCUT2D eigenvalue weighted by atomic mass is 10.2. The number of amides is 1. The zero-order valence-electron chi connectivity index (χ0n) is 16.1. The van der Waals surface area contributed by atoms with E-state index in [9.17, 15) is 4.79 Å². The van der Waals surface area contributed by atoms with Gasteiger partial charge in [0.05, 0.1) is 10.3 Å². The Bertz CT molecular complexity index is 1130. The summed E-state index contributed by atoms with van der Waals surface area (Å²) in [4.78, 5) is 16.8. The van der Waals surface area contributed by atoms with Gasteiger partial charge in [0.2, 0.25) is 5.91 Å². The van der Waals surface area contributed by atoms with Gasteiger partial charge in [-0.05, 0) is 31.2 Å². The Kier molecular flexibility index (Phi) is 6.11. The molecule has 0 fully saturated rings. The molecular weight excluding hydrogens is 418 g/mol. The number of thioether (sulfide) groups is 1. The van der Waals surface area contributed by atoms with Gasteiger partial charge in [0.15, 0.2) is 11.0 Å². The molecule has 0 spiro atoms. The topological polar surface area (TPSA) is 72.7 Å². The molecule has 0 saturated carbocycles. The molecule has 4 aromatic rings. The average molecular weight is 436 g/mol. The quantitative estimate of drug-likeness (QED) is 0.426. The molecule has 2 heterocycles. The number of anilines is 1. The summed E-state index contributed by atoms with van der Waals surface area (Å²) < 4.78 is 1.96. The number of rotatable bonds is 6. The molecule has 0 bridgehead atoms. The first-order valence-corrected chi connectivity index (χ1v) is 10.5. The molecule has 8 heteroatoms. The van der Waals surface area contributed by atoms with E-state index in [0.717, 1.165) is 17.1 Å². The van der Waals surface area contributed by atoms with Crippen LogP contribution < -0.4 is 5.32 Å². The van der Waals surface area contributed by atoms with Gasteiger partial charge < -0.3 is 5.32 Å². The minimum absolute atomic E-state index is 0.182. The van der Waals surface area contributed by atoms with Gasteiger partial charge in [0.1, 0.15) is 5.82 Å². The number of nitrogens with zero attached hydrogens (tertiary/aromatic N) is 4. The molecule has 4 rings (SSSR count). The monoisotopic (exact) mass is 435 g/mol. The first kappa shape index (κ1) is 20.1. The van der Waals surface area contributed by atoms with E-state index in [1.165, 1.54) is 18.0 Å². The van der Waals surface area contributed by atoms with E-state index in [4.69, 9.17) is 11.6 Å². The van der Waals surface area contributed by atoms with E-state index in [1.807, 2.05) is 72.2 Å². The number of pyridine rings is 1. The Morgan fingerprint density at radius 3 is 2.37 bits per heavy atom. The highest BCUT2D eigenvalue weighted by Gasteiger charge is 2.22. The zero-order valence-corrected chi connectivity index (χ0v) is 17.6. The SMILES string of the molecule is CC(Sc1nnc(-c2ccccc2)n1-c1ccccc1)C(=O)Nc1ccc(Cl)cn1. The van der Waals surface area contributed by atoms with Crippen LogP contribution in [0.15, 0.2) is 84.1 Å². The molecule has 0 radical (unpaired) electrons. The number of para-hydroxylation sites is 1. The summed E-state index contributed by atoms with van der Waals surface area (Å²) in [6.07, 6.45) is 1.49. The fourth-order valence-electron chi connectivity index (χ4n) is 2.82. The third kappa shape index (κ3) is 4.53. The number of halogens is 1. The van der Waals surface area contributed by atoms with Crippen molar-refractivity contribution in [1.29, 1.82) is 0 Å². The Labute approximate surface area is 183 Å². The molecule has 6 nitrogen and oxygen atoms in total. The van der Waals surface area contributed by atoms with Crippen LogP contribution in [0.5, 0.6) is 0 Å². The number of aromatic nitrogens is 4. The Hall–Kier alpha value is -3.16. The highest BCUT2D eigenvalue weighted by molar-refractivity contribution is 8.00. The molecule has 0 aliphatic heterocycles. The summed E-state index contributed by atoms with van der Waals surface area (Å²) >= 11 is 7.18. The predicted molar refractivity (Wildman–Crippen MR) is 120 cm³/mol. The molecule has 30 heavy (non-hydrogen) atoms. The van der Waals surface area contributed by atoms with E-state index in [2.05, 4.69) is 20.5 Å². The van der Waals surface area contributed by atoms with Crippen LogP contribution in [0.1, 0.15) is 6.92 Å². The number of hydrogen-bond acceptors (Lipinski definition) is 5. The van der Waals surface area contributed by atoms with Crippen molar-refractivity contribution >= 4 is 35.1 Å². The van der Waals surface area contributed by atoms with E-state index in [0.29, 0.717) is 16.0 Å². The van der Waals surface area contributed by atoms with Crippen molar-refractivity contribution in [3.63, 3.8) is 0 Å². The van der Waals surface area contributed by atoms with Crippen molar-refractivity contribution in [1.82, 2.24) is 19.7 Å². The van der Waals surface area contributed by atoms with Gasteiger partial charge in [-0.15, -0.1) is 10.2 Å². The van der Waals surface area contributed by atoms with Crippen molar-refractivity contribution in [3.05, 3.63) is 84.0 Å². The maximum absolute atomic E-state index is 12.7. The Morgan fingerprint density at radius 1 is 1.00 bits per heavy atom. The van der Waals surface area contributed by atoms with Gasteiger partial charge in [0, 0.05) is 17.4 Å². The van der Waals surface area contributed by atoms with E-state index in [1.54, 1.807) is 12.1 Å². The lowest BCUT2D eigenvalue weighted by Crippen LogP contribution is -2.23. The van der Waals surface area contributed by atoms with Crippen LogP contribution in [0, 0.1) is 0 Å². The molecule has 0 saturated heterocycles. The molecule has 2 aromatic carbocycles. The fraction of sp³-hybridized carbons (Fsp3) is 0.0909. The smallest absolute Gasteiger partial charge is 0.238 e. The van der Waals surface area contributed by atoms with Crippen LogP contribution in [0.2, 0.25) is 5.02 Å². The number of carbonyl (C=O) groups is 1. The lowest BCUT2D eigenvalue weighted by molar-refractivity contribution is -0.115. The molecule has 1 atom stereocenters. The number of nitrogens with one attached hydrogen (secondary N) is 1. The van der Waals surface area contributed by atoms with Crippen LogP contribution >= 0.6 is 23.4 Å². The number of carbonyl (C=O) groups excluding carboxylic acids is 1. The van der Waals surface area contributed by atoms with Crippen LogP contribution in [-0.2, 0) is 4.79 Å². The number of hydrogen-bond donors (Lipinski definition) is 1. The van der Waals surface area contributed by atoms with Gasteiger partial charge in [-0.2, -0.15) is 0 Å². The van der Waals surface area contributed by atoms with Crippen LogP contribution in [0.4, 0.5) is 5.82 Å². The van der Waals surface area contributed by atoms with Crippen LogP contribution in [0.25, 0.3) is 17.1 Å². The van der Waals surface area contributed by atoms with E-state index < -0.39 is 5.25 Å². The minimum Gasteiger partial charge on any atom is -0.310 e. The Balaban J connectivity index is 1.61. The largest absolute Gasteiger partial charge is 0.310 e. The molecule has 2 aromatic heterocycles. The summed E-state index contributed by atoms with van der Waals surface area (Å²) in [5.74, 6) is 0.987. The second kappa shape index (κ2) is 9.11. The fourth-order valence-corrected chi connectivity index (χ4v) is 3.80. The second-order valence-corrected chi connectivity index (χ2v) is 8.20. The van der Waals surface area contributed by atoms with Crippen molar-refractivity contribution in [2.75, 3.05) is 5.32 Å². The first-order valence-electron chi connectivity index (χ1n) is 9.27. The van der Waals surface area contributed by atoms with E-state index in [-0.39, 0.29) is 5.91 Å². The molecule has 1 amide bonds. The van der Waals surface area contributed by atoms with Crippen LogP contribution in [-0.4, -0.2) is 30.9 Å². The molecule has 1 unspecified atom stereocenters. The van der Waals surface area contributed by atoms with Gasteiger partial charge in [-0.3, -0.25) is 9.36 Å². The third-order valence-electron chi connectivity index (χ3n) is 4.31. The summed E-state index contributed by atoms with van der Waals surface area (Å²) in [6, 6.07) is 23.0. The average Bonchev–Trinajstić information content (AvgIpc) is 3.20. The van der Waals surface area contributed by atoms with Gasteiger partial charge >= 0.3 is 0 Å². The maximum Gasteiger partial charge on any atom is 0.238 e. The molecule has 150 valence electrons. The molecule has 1 N–H and O–H groups in total.